The topological polar surface area (TPSA) is 58.6 Å². The van der Waals surface area contributed by atoms with E-state index in [0.717, 1.165) is 0 Å². The maximum absolute atomic E-state index is 9.89. The summed E-state index contributed by atoms with van der Waals surface area (Å²) in [6.45, 7) is 0.447. The Morgan fingerprint density at radius 2 is 2.44 bits per heavy atom. The zero-order valence-corrected chi connectivity index (χ0v) is 5.39. The van der Waals surface area contributed by atoms with Gasteiger partial charge in [0.2, 0.25) is 0 Å². The van der Waals surface area contributed by atoms with Crippen molar-refractivity contribution >= 4 is 5.97 Å². The molecule has 0 amide bonds. The Hall–Kier alpha value is -0.610. The molecule has 0 aliphatic heterocycles. The van der Waals surface area contributed by atoms with Gasteiger partial charge in [0.25, 0.3) is 0 Å². The molecule has 9 heavy (non-hydrogen) atoms. The summed E-state index contributed by atoms with van der Waals surface area (Å²) < 4.78 is 0. The molecule has 0 saturated carbocycles. The van der Waals surface area contributed by atoms with E-state index in [-0.39, 0.29) is 6.42 Å². The lowest BCUT2D eigenvalue weighted by Gasteiger charge is -1.96. The second-order valence-electron chi connectivity index (χ2n) is 1.55. The minimum Gasteiger partial charge on any atom is -0.481 e. The number of hydroxylamine groups is 1. The first-order valence-electron chi connectivity index (χ1n) is 2.77. The third kappa shape index (κ3) is 7.39. The molecule has 4 nitrogen and oxygen atoms in total. The monoisotopic (exact) mass is 133 g/mol. The van der Waals surface area contributed by atoms with Crippen LogP contribution in [0.4, 0.5) is 0 Å². The lowest BCUT2D eigenvalue weighted by atomic mass is 10.3. The van der Waals surface area contributed by atoms with Crippen LogP contribution in [0.3, 0.4) is 0 Å². The molecule has 0 spiro atoms. The first-order chi connectivity index (χ1) is 4.27. The zero-order valence-electron chi connectivity index (χ0n) is 5.39. The van der Waals surface area contributed by atoms with Crippen molar-refractivity contribution in [2.45, 2.75) is 12.8 Å². The second-order valence-corrected chi connectivity index (χ2v) is 1.55. The Labute approximate surface area is 53.8 Å². The summed E-state index contributed by atoms with van der Waals surface area (Å²) in [4.78, 5) is 14.6. The summed E-state index contributed by atoms with van der Waals surface area (Å²) in [7, 11) is 1.64. The molecule has 0 heterocycles. The molecule has 4 heteroatoms. The van der Waals surface area contributed by atoms with E-state index < -0.39 is 5.97 Å². The molecule has 54 valence electrons. The summed E-state index contributed by atoms with van der Waals surface area (Å²) in [6, 6.07) is 0. The van der Waals surface area contributed by atoms with Gasteiger partial charge >= 0.3 is 5.97 Å². The van der Waals surface area contributed by atoms with E-state index in [2.05, 4.69) is 10.3 Å². The van der Waals surface area contributed by atoms with E-state index in [1.165, 1.54) is 0 Å². The highest BCUT2D eigenvalue weighted by molar-refractivity contribution is 5.66. The highest BCUT2D eigenvalue weighted by Gasteiger charge is 1.94. The predicted octanol–water partition coefficient (Wildman–Crippen LogP) is 0.00220. The highest BCUT2D eigenvalue weighted by Crippen LogP contribution is 1.86. The third-order valence-corrected chi connectivity index (χ3v) is 0.781. The van der Waals surface area contributed by atoms with Crippen LogP contribution in [-0.4, -0.2) is 24.7 Å². The summed E-state index contributed by atoms with van der Waals surface area (Å²) in [5.74, 6) is -0.783. The largest absolute Gasteiger partial charge is 0.481 e. The summed E-state index contributed by atoms with van der Waals surface area (Å²) in [5, 5.41) is 8.14. The van der Waals surface area contributed by atoms with Gasteiger partial charge in [0.1, 0.15) is 0 Å². The van der Waals surface area contributed by atoms with Crippen molar-refractivity contribution in [2.24, 2.45) is 0 Å². The molecule has 0 unspecified atom stereocenters. The normalized spacial score (nSPS) is 9.44. The molecule has 2 N–H and O–H groups in total. The molecule has 0 aromatic heterocycles. The molecule has 0 fully saturated rings. The van der Waals surface area contributed by atoms with Gasteiger partial charge in [0.15, 0.2) is 0 Å². The lowest BCUT2D eigenvalue weighted by molar-refractivity contribution is -0.137. The minimum absolute atomic E-state index is 0.168. The van der Waals surface area contributed by atoms with Crippen molar-refractivity contribution in [2.75, 3.05) is 13.7 Å². The third-order valence-electron chi connectivity index (χ3n) is 0.781. The smallest absolute Gasteiger partial charge is 0.303 e. The molecule has 0 radical (unpaired) electrons. The molecular weight excluding hydrogens is 122 g/mol. The maximum atomic E-state index is 9.89. The number of carboxylic acids is 1. The molecule has 0 rings (SSSR count). The van der Waals surface area contributed by atoms with Gasteiger partial charge in [0, 0.05) is 13.5 Å². The van der Waals surface area contributed by atoms with Gasteiger partial charge in [-0.25, -0.2) is 5.48 Å². The Morgan fingerprint density at radius 3 is 2.89 bits per heavy atom. The fourth-order valence-electron chi connectivity index (χ4n) is 0.398. The van der Waals surface area contributed by atoms with Crippen molar-refractivity contribution in [3.63, 3.8) is 0 Å². The summed E-state index contributed by atoms with van der Waals surface area (Å²) >= 11 is 0. The van der Waals surface area contributed by atoms with Crippen molar-refractivity contribution in [1.29, 1.82) is 0 Å². The Kier molecular flexibility index (Phi) is 5.15. The first-order valence-corrected chi connectivity index (χ1v) is 2.77. The Balaban J connectivity index is 2.83. The predicted molar refractivity (Wildman–Crippen MR) is 31.9 cm³/mol. The van der Waals surface area contributed by atoms with E-state index in [1.807, 2.05) is 0 Å². The molecule has 0 atom stereocenters. The number of carbonyl (C=O) groups is 1. The number of aliphatic carboxylic acids is 1. The summed E-state index contributed by atoms with van der Waals surface area (Å²) in [5.41, 5.74) is 2.45. The van der Waals surface area contributed by atoms with E-state index in [1.54, 1.807) is 7.05 Å². The highest BCUT2D eigenvalue weighted by atomic mass is 16.6. The van der Waals surface area contributed by atoms with Gasteiger partial charge in [-0.05, 0) is 6.42 Å². The van der Waals surface area contributed by atoms with Crippen molar-refractivity contribution < 1.29 is 14.7 Å². The number of carboxylic acid groups (broad SMARTS) is 1. The van der Waals surface area contributed by atoms with Crippen molar-refractivity contribution in [3.8, 4) is 0 Å². The van der Waals surface area contributed by atoms with Crippen molar-refractivity contribution in [3.05, 3.63) is 0 Å². The zero-order chi connectivity index (χ0) is 7.11. The van der Waals surface area contributed by atoms with E-state index in [4.69, 9.17) is 5.11 Å². The summed E-state index contributed by atoms with van der Waals surface area (Å²) in [6.07, 6.45) is 0.720. The van der Waals surface area contributed by atoms with Crippen LogP contribution >= 0.6 is 0 Å². The van der Waals surface area contributed by atoms with Crippen LogP contribution < -0.4 is 5.48 Å². The fourth-order valence-corrected chi connectivity index (χ4v) is 0.398. The Bertz CT molecular complexity index is 84.3. The van der Waals surface area contributed by atoms with E-state index in [0.29, 0.717) is 13.0 Å². The number of hydrogen-bond donors (Lipinski definition) is 2. The average molecular weight is 133 g/mol. The van der Waals surface area contributed by atoms with Crippen molar-refractivity contribution in [1.82, 2.24) is 5.48 Å². The fraction of sp³-hybridized carbons (Fsp3) is 0.800. The molecule has 0 aliphatic rings. The number of hydrogen-bond acceptors (Lipinski definition) is 3. The second kappa shape index (κ2) is 5.53. The van der Waals surface area contributed by atoms with E-state index >= 15 is 0 Å². The van der Waals surface area contributed by atoms with Gasteiger partial charge in [0.05, 0.1) is 6.61 Å². The van der Waals surface area contributed by atoms with Crippen LogP contribution in [0.25, 0.3) is 0 Å². The number of nitrogens with one attached hydrogen (secondary N) is 1. The molecular formula is C5H11NO3. The average Bonchev–Trinajstić information content (AvgIpc) is 1.80. The molecule has 0 aliphatic carbocycles. The van der Waals surface area contributed by atoms with Gasteiger partial charge in [-0.3, -0.25) is 4.79 Å². The standard InChI is InChI=1S/C5H11NO3/c1-6-9-4-2-3-5(7)8/h6H,2-4H2,1H3,(H,7,8). The van der Waals surface area contributed by atoms with Gasteiger partial charge in [-0.15, -0.1) is 0 Å². The van der Waals surface area contributed by atoms with Crippen LogP contribution in [-0.2, 0) is 9.63 Å². The first kappa shape index (κ1) is 8.39. The Morgan fingerprint density at radius 1 is 1.78 bits per heavy atom. The lowest BCUT2D eigenvalue weighted by Crippen LogP contribution is -2.09. The van der Waals surface area contributed by atoms with Gasteiger partial charge < -0.3 is 9.94 Å². The van der Waals surface area contributed by atoms with Gasteiger partial charge in [-0.1, -0.05) is 0 Å². The quantitative estimate of drug-likeness (QED) is 0.409. The van der Waals surface area contributed by atoms with Crippen LogP contribution in [0.5, 0.6) is 0 Å². The molecule has 0 bridgehead atoms. The SMILES string of the molecule is CNOCCCC(=O)O. The molecule has 0 saturated heterocycles. The maximum Gasteiger partial charge on any atom is 0.303 e. The number of rotatable bonds is 5. The van der Waals surface area contributed by atoms with Crippen LogP contribution in [0.1, 0.15) is 12.8 Å². The van der Waals surface area contributed by atoms with Crippen LogP contribution in [0, 0.1) is 0 Å². The minimum atomic E-state index is -0.783. The van der Waals surface area contributed by atoms with Crippen LogP contribution in [0.15, 0.2) is 0 Å². The molecule has 0 aromatic carbocycles. The molecule has 0 aromatic rings. The van der Waals surface area contributed by atoms with Gasteiger partial charge in [-0.2, -0.15) is 0 Å². The van der Waals surface area contributed by atoms with Crippen LogP contribution in [0.2, 0.25) is 0 Å². The van der Waals surface area contributed by atoms with E-state index in [9.17, 15) is 4.79 Å².